The third-order valence-electron chi connectivity index (χ3n) is 6.66. The maximum Gasteiger partial charge on any atom is 0.243 e. The Morgan fingerprint density at radius 2 is 1.81 bits per heavy atom. The van der Waals surface area contributed by atoms with E-state index in [2.05, 4.69) is 24.1 Å². The molecular formula is C23H38N4O3S. The first-order valence-corrected chi connectivity index (χ1v) is 13.0. The van der Waals surface area contributed by atoms with Crippen molar-refractivity contribution in [1.29, 1.82) is 0 Å². The molecule has 0 bridgehead atoms. The van der Waals surface area contributed by atoms with Gasteiger partial charge in [-0.05, 0) is 51.3 Å². The maximum absolute atomic E-state index is 13.5. The molecule has 2 fully saturated rings. The minimum atomic E-state index is -3.66. The van der Waals surface area contributed by atoms with Crippen molar-refractivity contribution in [3.05, 3.63) is 29.8 Å². The van der Waals surface area contributed by atoms with Gasteiger partial charge in [-0.2, -0.15) is 4.31 Å². The number of hydrogen-bond donors (Lipinski definition) is 1. The molecule has 1 N–H and O–H groups in total. The summed E-state index contributed by atoms with van der Waals surface area (Å²) >= 11 is 0. The zero-order chi connectivity index (χ0) is 22.4. The van der Waals surface area contributed by atoms with E-state index < -0.39 is 10.0 Å². The van der Waals surface area contributed by atoms with Gasteiger partial charge in [-0.25, -0.2) is 8.42 Å². The number of hydrogen-bond acceptors (Lipinski definition) is 5. The third-order valence-corrected chi connectivity index (χ3v) is 8.55. The van der Waals surface area contributed by atoms with Crippen molar-refractivity contribution in [3.8, 4) is 0 Å². The first-order valence-electron chi connectivity index (χ1n) is 11.6. The van der Waals surface area contributed by atoms with Gasteiger partial charge in [0.05, 0.1) is 4.90 Å². The molecule has 2 atom stereocenters. The number of aryl methyl sites for hydroxylation is 1. The van der Waals surface area contributed by atoms with Crippen LogP contribution in [0.3, 0.4) is 0 Å². The fourth-order valence-corrected chi connectivity index (χ4v) is 6.25. The van der Waals surface area contributed by atoms with E-state index in [4.69, 9.17) is 0 Å². The number of piperazine rings is 1. The van der Waals surface area contributed by atoms with Gasteiger partial charge in [0.25, 0.3) is 0 Å². The van der Waals surface area contributed by atoms with Crippen LogP contribution in [0.2, 0.25) is 0 Å². The molecule has 1 aromatic rings. The van der Waals surface area contributed by atoms with E-state index in [9.17, 15) is 13.2 Å². The van der Waals surface area contributed by atoms with Crippen molar-refractivity contribution in [1.82, 2.24) is 19.4 Å². The highest BCUT2D eigenvalue weighted by Gasteiger charge is 2.30. The van der Waals surface area contributed by atoms with Crippen LogP contribution in [0.25, 0.3) is 0 Å². The number of carbonyl (C=O) groups excluding carboxylic acids is 1. The number of piperidine rings is 1. The van der Waals surface area contributed by atoms with Gasteiger partial charge < -0.3 is 10.2 Å². The van der Waals surface area contributed by atoms with Crippen molar-refractivity contribution < 1.29 is 13.2 Å². The van der Waals surface area contributed by atoms with Crippen LogP contribution >= 0.6 is 0 Å². The second-order valence-electron chi connectivity index (χ2n) is 8.97. The molecule has 0 radical (unpaired) electrons. The van der Waals surface area contributed by atoms with E-state index >= 15 is 0 Å². The number of benzene rings is 1. The molecule has 0 aliphatic carbocycles. The molecule has 2 unspecified atom stereocenters. The Hall–Kier alpha value is -1.48. The lowest BCUT2D eigenvalue weighted by atomic mass is 9.98. The second kappa shape index (κ2) is 10.9. The summed E-state index contributed by atoms with van der Waals surface area (Å²) < 4.78 is 28.5. The Morgan fingerprint density at radius 3 is 2.45 bits per heavy atom. The van der Waals surface area contributed by atoms with Gasteiger partial charge in [-0.1, -0.05) is 18.6 Å². The topological polar surface area (TPSA) is 73.0 Å². The first-order chi connectivity index (χ1) is 14.8. The highest BCUT2D eigenvalue weighted by Crippen LogP contribution is 2.23. The molecular weight excluding hydrogens is 412 g/mol. The van der Waals surface area contributed by atoms with Crippen LogP contribution in [-0.4, -0.2) is 86.3 Å². The molecule has 3 rings (SSSR count). The van der Waals surface area contributed by atoms with Crippen LogP contribution in [0.4, 0.5) is 0 Å². The van der Waals surface area contributed by atoms with Crippen molar-refractivity contribution in [2.75, 3.05) is 45.8 Å². The van der Waals surface area contributed by atoms with Gasteiger partial charge >= 0.3 is 0 Å². The predicted octanol–water partition coefficient (Wildman–Crippen LogP) is 2.07. The number of amides is 1. The molecule has 7 nitrogen and oxygen atoms in total. The van der Waals surface area contributed by atoms with Crippen molar-refractivity contribution in [2.24, 2.45) is 0 Å². The quantitative estimate of drug-likeness (QED) is 0.656. The Morgan fingerprint density at radius 1 is 1.13 bits per heavy atom. The van der Waals surface area contributed by atoms with Gasteiger partial charge in [0, 0.05) is 64.3 Å². The van der Waals surface area contributed by atoms with E-state index in [1.54, 1.807) is 18.2 Å². The van der Waals surface area contributed by atoms with E-state index in [-0.39, 0.29) is 18.9 Å². The highest BCUT2D eigenvalue weighted by atomic mass is 32.2. The maximum atomic E-state index is 13.5. The summed E-state index contributed by atoms with van der Waals surface area (Å²) in [5.41, 5.74) is 0.913. The average Bonchev–Trinajstić information content (AvgIpc) is 2.75. The minimum absolute atomic E-state index is 0.0330. The van der Waals surface area contributed by atoms with Crippen LogP contribution in [0.15, 0.2) is 29.2 Å². The lowest BCUT2D eigenvalue weighted by Gasteiger charge is -2.40. The van der Waals surface area contributed by atoms with Crippen molar-refractivity contribution in [2.45, 2.75) is 63.4 Å². The normalized spacial score (nSPS) is 23.3. The molecule has 31 heavy (non-hydrogen) atoms. The molecule has 0 spiro atoms. The Kier molecular flexibility index (Phi) is 8.50. The zero-order valence-corrected chi connectivity index (χ0v) is 20.0. The fraction of sp³-hybridized carbons (Fsp3) is 0.696. The lowest BCUT2D eigenvalue weighted by molar-refractivity contribution is -0.131. The van der Waals surface area contributed by atoms with E-state index in [0.717, 1.165) is 31.5 Å². The molecule has 0 aromatic heterocycles. The van der Waals surface area contributed by atoms with Crippen molar-refractivity contribution >= 4 is 15.9 Å². The summed E-state index contributed by atoms with van der Waals surface area (Å²) in [7, 11) is -3.66. The number of rotatable bonds is 8. The third kappa shape index (κ3) is 6.28. The zero-order valence-electron chi connectivity index (χ0n) is 19.2. The monoisotopic (exact) mass is 450 g/mol. The number of likely N-dealkylation sites (tertiary alicyclic amines) is 1. The average molecular weight is 451 g/mol. The van der Waals surface area contributed by atoms with Gasteiger partial charge in [-0.3, -0.25) is 9.69 Å². The van der Waals surface area contributed by atoms with Gasteiger partial charge in [0.2, 0.25) is 15.9 Å². The molecule has 2 aliphatic rings. The summed E-state index contributed by atoms with van der Waals surface area (Å²) in [6.45, 7) is 10.6. The first kappa shape index (κ1) is 24.2. The number of carbonyl (C=O) groups is 1. The summed E-state index contributed by atoms with van der Waals surface area (Å²) in [6.07, 6.45) is 3.74. The minimum Gasteiger partial charge on any atom is -0.340 e. The van der Waals surface area contributed by atoms with Crippen LogP contribution in [-0.2, 0) is 14.8 Å². The Labute approximate surface area is 187 Å². The highest BCUT2D eigenvalue weighted by molar-refractivity contribution is 7.89. The molecule has 8 heteroatoms. The van der Waals surface area contributed by atoms with Crippen LogP contribution in [0.1, 0.15) is 45.1 Å². The number of nitrogens with one attached hydrogen (secondary N) is 1. The fourth-order valence-electron chi connectivity index (χ4n) is 4.71. The van der Waals surface area contributed by atoms with E-state index in [0.29, 0.717) is 43.2 Å². The smallest absolute Gasteiger partial charge is 0.243 e. The van der Waals surface area contributed by atoms with E-state index in [1.165, 1.54) is 10.7 Å². The molecule has 2 aliphatic heterocycles. The van der Waals surface area contributed by atoms with Crippen molar-refractivity contribution in [3.63, 3.8) is 0 Å². The number of sulfonamides is 1. The molecule has 2 heterocycles. The molecule has 1 aromatic carbocycles. The summed E-state index contributed by atoms with van der Waals surface area (Å²) in [4.78, 5) is 17.3. The summed E-state index contributed by atoms with van der Waals surface area (Å²) in [5, 5.41) is 3.24. The van der Waals surface area contributed by atoms with E-state index in [1.807, 2.05) is 17.9 Å². The van der Waals surface area contributed by atoms with Crippen LogP contribution in [0, 0.1) is 6.92 Å². The van der Waals surface area contributed by atoms with Gasteiger partial charge in [0.1, 0.15) is 0 Å². The molecule has 0 saturated carbocycles. The molecule has 174 valence electrons. The summed E-state index contributed by atoms with van der Waals surface area (Å²) in [5.74, 6) is 0.0330. The largest absolute Gasteiger partial charge is 0.340 e. The Bertz CT molecular complexity index is 829. The molecule has 2 saturated heterocycles. The number of nitrogens with zero attached hydrogens (tertiary/aromatic N) is 3. The predicted molar refractivity (Wildman–Crippen MR) is 123 cm³/mol. The Balaban J connectivity index is 1.73. The summed E-state index contributed by atoms with van der Waals surface area (Å²) in [6, 6.07) is 7.95. The van der Waals surface area contributed by atoms with Gasteiger partial charge in [-0.15, -0.1) is 0 Å². The SMILES string of the molecule is Cc1cccc(S(=O)(=O)N(CCC(=O)N2CCNCC2)CCN2C(C)CCCC2C)c1. The van der Waals surface area contributed by atoms with Gasteiger partial charge in [0.15, 0.2) is 0 Å². The molecule has 1 amide bonds. The van der Waals surface area contributed by atoms with Crippen LogP contribution in [0.5, 0.6) is 0 Å². The lowest BCUT2D eigenvalue weighted by Crippen LogP contribution is -2.49. The standard InChI is InChI=1S/C23H38N4O3S/c1-19-6-4-9-22(18-19)31(29,30)26(13-10-23(28)25-14-11-24-12-15-25)16-17-27-20(2)7-5-8-21(27)3/h4,6,9,18,20-21,24H,5,7-8,10-17H2,1-3H3. The second-order valence-corrected chi connectivity index (χ2v) is 10.9. The van der Waals surface area contributed by atoms with Crippen LogP contribution < -0.4 is 5.32 Å².